The SMILES string of the molecule is CC(C(=O)O)N(C)C(=O)OC(C)(C)C.CNC(C)C(=O)N[C@H](C(=O)N1CCC[C@H]1C(=O)Nc1snnc1-c1ccccc1)C1CCCCC1.Cl.Cl.N[C@H](C(=O)N1CCC[C@H]1C(=O)Nc1snnc1-c1ccccc1)C1CCCCC1. The number of likely N-dealkylation sites (N-methyl/N-ethyl adjacent to an activating group) is 2. The lowest BCUT2D eigenvalue weighted by atomic mass is 9.83. The van der Waals surface area contributed by atoms with Crippen LogP contribution in [0.2, 0.25) is 0 Å². The van der Waals surface area contributed by atoms with Gasteiger partial charge >= 0.3 is 12.1 Å². The predicted octanol–water partition coefficient (Wildman–Crippen LogP) is 8.02. The molecule has 4 heterocycles. The van der Waals surface area contributed by atoms with Crippen LogP contribution < -0.4 is 27.0 Å². The molecule has 0 bridgehead atoms. The molecule has 7 N–H and O–H groups in total. The van der Waals surface area contributed by atoms with E-state index in [0.29, 0.717) is 47.3 Å². The second-order valence-corrected chi connectivity index (χ2v) is 22.9. The van der Waals surface area contributed by atoms with Crippen LogP contribution in [-0.4, -0.2) is 150 Å². The molecular formula is C55H80Cl2N12O9S2. The zero-order valence-electron chi connectivity index (χ0n) is 46.8. The summed E-state index contributed by atoms with van der Waals surface area (Å²) >= 11 is 2.27. The normalized spacial score (nSPS) is 18.9. The van der Waals surface area contributed by atoms with E-state index < -0.39 is 53.9 Å². The molecule has 6 amide bonds. The summed E-state index contributed by atoms with van der Waals surface area (Å²) in [6, 6.07) is 15.7. The summed E-state index contributed by atoms with van der Waals surface area (Å²) in [5, 5.41) is 30.0. The number of likely N-dealkylation sites (tertiary alicyclic amines) is 2. The maximum atomic E-state index is 13.8. The fourth-order valence-corrected chi connectivity index (χ4v) is 11.3. The van der Waals surface area contributed by atoms with Crippen LogP contribution in [-0.2, 0) is 33.5 Å². The first-order chi connectivity index (χ1) is 37.3. The number of hydrogen-bond acceptors (Lipinski definition) is 16. The molecule has 2 saturated carbocycles. The molecule has 0 spiro atoms. The van der Waals surface area contributed by atoms with Gasteiger partial charge in [-0.2, -0.15) is 0 Å². The molecule has 2 aliphatic heterocycles. The van der Waals surface area contributed by atoms with Crippen molar-refractivity contribution in [1.29, 1.82) is 0 Å². The quantitative estimate of drug-likeness (QED) is 0.0657. The lowest BCUT2D eigenvalue weighted by Crippen LogP contribution is -2.57. The number of rotatable bonds is 15. The number of amides is 6. The summed E-state index contributed by atoms with van der Waals surface area (Å²) in [6.45, 7) is 9.47. The van der Waals surface area contributed by atoms with Crippen LogP contribution in [0.15, 0.2) is 60.7 Å². The van der Waals surface area contributed by atoms with E-state index in [0.717, 1.165) is 110 Å². The summed E-state index contributed by atoms with van der Waals surface area (Å²) in [6.07, 6.45) is 12.7. The number of nitrogens with zero attached hydrogens (tertiary/aromatic N) is 7. The number of carboxylic acids is 1. The number of aromatic nitrogens is 4. The van der Waals surface area contributed by atoms with Gasteiger partial charge in [-0.15, -0.1) is 35.0 Å². The highest BCUT2D eigenvalue weighted by Gasteiger charge is 2.42. The molecule has 4 aromatic rings. The van der Waals surface area contributed by atoms with Crippen LogP contribution in [0.4, 0.5) is 14.8 Å². The molecule has 2 saturated heterocycles. The van der Waals surface area contributed by atoms with Gasteiger partial charge in [0.05, 0.1) is 12.1 Å². The first-order valence-electron chi connectivity index (χ1n) is 27.2. The Morgan fingerprint density at radius 3 is 1.54 bits per heavy atom. The molecule has 6 atom stereocenters. The van der Waals surface area contributed by atoms with Crippen molar-refractivity contribution in [3.63, 3.8) is 0 Å². The van der Waals surface area contributed by atoms with Crippen LogP contribution >= 0.6 is 47.9 Å². The Morgan fingerprint density at radius 2 is 1.11 bits per heavy atom. The van der Waals surface area contributed by atoms with Crippen molar-refractivity contribution in [2.45, 2.75) is 166 Å². The number of nitrogens with two attached hydrogens (primary N) is 1. The smallest absolute Gasteiger partial charge is 0.410 e. The summed E-state index contributed by atoms with van der Waals surface area (Å²) in [7, 11) is 3.12. The second kappa shape index (κ2) is 32.0. The van der Waals surface area contributed by atoms with Crippen molar-refractivity contribution in [2.75, 3.05) is 37.8 Å². The van der Waals surface area contributed by atoms with Gasteiger partial charge in [-0.3, -0.25) is 28.9 Å². The third-order valence-electron chi connectivity index (χ3n) is 14.8. The molecule has 25 heteroatoms. The fourth-order valence-electron chi connectivity index (χ4n) is 10.1. The molecule has 2 aromatic heterocycles. The molecule has 4 fully saturated rings. The Morgan fingerprint density at radius 1 is 0.675 bits per heavy atom. The predicted molar refractivity (Wildman–Crippen MR) is 315 cm³/mol. The number of nitrogens with one attached hydrogen (secondary N) is 4. The number of carboxylic acid groups (broad SMARTS) is 1. The van der Waals surface area contributed by atoms with E-state index in [9.17, 15) is 33.6 Å². The minimum atomic E-state index is -1.06. The third-order valence-corrected chi connectivity index (χ3v) is 16.1. The number of carbonyl (C=O) groups is 7. The number of halogens is 2. The van der Waals surface area contributed by atoms with Gasteiger partial charge in [-0.25, -0.2) is 9.59 Å². The molecular weight excluding hydrogens is 1110 g/mol. The lowest BCUT2D eigenvalue weighted by molar-refractivity contribution is -0.142. The molecule has 21 nitrogen and oxygen atoms in total. The van der Waals surface area contributed by atoms with E-state index in [2.05, 4.69) is 40.4 Å². The molecule has 4 aliphatic rings. The third kappa shape index (κ3) is 18.3. The minimum absolute atomic E-state index is 0. The van der Waals surface area contributed by atoms with Gasteiger partial charge in [0.1, 0.15) is 51.2 Å². The zero-order chi connectivity index (χ0) is 56.5. The highest BCUT2D eigenvalue weighted by atomic mass is 35.5. The van der Waals surface area contributed by atoms with Crippen molar-refractivity contribution in [1.82, 2.24) is 44.5 Å². The minimum Gasteiger partial charge on any atom is -0.480 e. The van der Waals surface area contributed by atoms with Gasteiger partial charge in [-0.1, -0.05) is 108 Å². The van der Waals surface area contributed by atoms with E-state index in [-0.39, 0.29) is 66.2 Å². The number of anilines is 2. The van der Waals surface area contributed by atoms with Crippen molar-refractivity contribution in [2.24, 2.45) is 17.6 Å². The Hall–Kier alpha value is -5.85. The Labute approximate surface area is 489 Å². The maximum absolute atomic E-state index is 13.8. The van der Waals surface area contributed by atoms with Crippen LogP contribution in [0.25, 0.3) is 22.5 Å². The maximum Gasteiger partial charge on any atom is 0.410 e. The fraction of sp³-hybridized carbons (Fsp3) is 0.582. The summed E-state index contributed by atoms with van der Waals surface area (Å²) in [5.41, 5.74) is 8.76. The van der Waals surface area contributed by atoms with Crippen molar-refractivity contribution < 1.29 is 43.4 Å². The highest BCUT2D eigenvalue weighted by Crippen LogP contribution is 2.34. The van der Waals surface area contributed by atoms with E-state index >= 15 is 0 Å². The Bertz CT molecular complexity index is 2630. The molecule has 8 rings (SSSR count). The second-order valence-electron chi connectivity index (χ2n) is 21.4. The molecule has 2 aliphatic carbocycles. The average Bonchev–Trinajstić information content (AvgIpc) is 4.31. The average molecular weight is 1190 g/mol. The standard InChI is InChI=1S/C25H34N6O3S.C21H27N5O2S.C9H17NO4.2ClH/c1-16(26-2)22(32)27-21(18-12-7-4-8-13-18)25(34)31-15-9-14-19(31)23(33)28-24-20(29-30-35-24)17-10-5-3-6-11-17;22-17(14-8-3-1-4-9-14)21(28)26-13-7-12-16(26)19(27)23-20-18(24-25-29-20)15-10-5-2-6-11-15;1-6(7(11)12)10(5)8(13)14-9(2,3)4;;/h3,5-6,10-11,16,18-19,21,26H,4,7-9,12-15H2,1-2H3,(H,27,32)(H,28,33);2,5-6,10-11,14,16-17H,1,3-4,7-9,12-13,22H2,(H,23,27);6H,1-5H3,(H,11,12);2*1H/t16?,19-,21-;16-,17-;;;/m00.../s1. The van der Waals surface area contributed by atoms with Crippen LogP contribution in [0.5, 0.6) is 0 Å². The lowest BCUT2D eigenvalue weighted by Gasteiger charge is -2.35. The van der Waals surface area contributed by atoms with Crippen LogP contribution in [0.1, 0.15) is 125 Å². The Kier molecular flexibility index (Phi) is 26.6. The highest BCUT2D eigenvalue weighted by molar-refractivity contribution is 7.11. The van der Waals surface area contributed by atoms with Crippen molar-refractivity contribution in [3.8, 4) is 22.5 Å². The van der Waals surface area contributed by atoms with Crippen molar-refractivity contribution >= 4 is 99.5 Å². The van der Waals surface area contributed by atoms with Gasteiger partial charge in [0.15, 0.2) is 0 Å². The topological polar surface area (TPSA) is 284 Å². The largest absolute Gasteiger partial charge is 0.480 e. The first-order valence-corrected chi connectivity index (χ1v) is 28.7. The molecule has 2 aromatic carbocycles. The molecule has 2 unspecified atom stereocenters. The molecule has 0 radical (unpaired) electrons. The Balaban J connectivity index is 0.000000277. The monoisotopic (exact) mass is 1190 g/mol. The first kappa shape index (κ1) is 66.7. The van der Waals surface area contributed by atoms with Gasteiger partial charge in [-0.05, 0) is 105 Å². The summed E-state index contributed by atoms with van der Waals surface area (Å²) in [4.78, 5) is 92.2. The van der Waals surface area contributed by atoms with Crippen molar-refractivity contribution in [3.05, 3.63) is 60.7 Å². The van der Waals surface area contributed by atoms with Gasteiger partial charge in [0.25, 0.3) is 0 Å². The van der Waals surface area contributed by atoms with Gasteiger partial charge in [0, 0.05) is 54.3 Å². The van der Waals surface area contributed by atoms with Gasteiger partial charge in [0.2, 0.25) is 29.5 Å². The van der Waals surface area contributed by atoms with Crippen LogP contribution in [0, 0.1) is 11.8 Å². The number of ether oxygens (including phenoxy) is 1. The summed E-state index contributed by atoms with van der Waals surface area (Å²) in [5.74, 6) is -1.60. The number of benzene rings is 2. The zero-order valence-corrected chi connectivity index (χ0v) is 50.0. The van der Waals surface area contributed by atoms with E-state index in [1.165, 1.54) is 20.4 Å². The van der Waals surface area contributed by atoms with E-state index in [1.807, 2.05) is 60.7 Å². The molecule has 440 valence electrons. The van der Waals surface area contributed by atoms with E-state index in [1.54, 1.807) is 44.5 Å². The number of carbonyl (C=O) groups excluding carboxylic acids is 6. The molecule has 80 heavy (non-hydrogen) atoms. The van der Waals surface area contributed by atoms with Gasteiger partial charge < -0.3 is 46.6 Å². The number of aliphatic carboxylic acids is 1. The van der Waals surface area contributed by atoms with E-state index in [4.69, 9.17) is 15.6 Å². The summed E-state index contributed by atoms with van der Waals surface area (Å²) < 4.78 is 13.0. The number of hydrogen-bond donors (Lipinski definition) is 6. The van der Waals surface area contributed by atoms with Crippen LogP contribution in [0.3, 0.4) is 0 Å².